The minimum absolute atomic E-state index is 0.0263. The second kappa shape index (κ2) is 6.72. The number of morpholine rings is 1. The molecule has 1 saturated heterocycles. The summed E-state index contributed by atoms with van der Waals surface area (Å²) in [6.45, 7) is 7.65. The number of hydrogen-bond acceptors (Lipinski definition) is 3. The number of benzene rings is 1. The van der Waals surface area contributed by atoms with Gasteiger partial charge >= 0.3 is 0 Å². The number of hydrogen-bond donors (Lipinski definition) is 1. The lowest BCUT2D eigenvalue weighted by Crippen LogP contribution is -2.48. The highest BCUT2D eigenvalue weighted by atomic mass is 16.5. The van der Waals surface area contributed by atoms with Crippen LogP contribution >= 0.6 is 0 Å². The van der Waals surface area contributed by atoms with E-state index in [4.69, 9.17) is 4.74 Å². The van der Waals surface area contributed by atoms with Crippen molar-refractivity contribution in [2.24, 2.45) is 0 Å². The second-order valence-corrected chi connectivity index (χ2v) is 5.50. The van der Waals surface area contributed by atoms with Crippen molar-refractivity contribution in [1.82, 2.24) is 10.2 Å². The first-order chi connectivity index (χ1) is 9.97. The van der Waals surface area contributed by atoms with Crippen LogP contribution in [0.25, 0.3) is 0 Å². The van der Waals surface area contributed by atoms with Gasteiger partial charge in [-0.3, -0.25) is 9.59 Å². The van der Waals surface area contributed by atoms with E-state index in [-0.39, 0.29) is 24.5 Å². The van der Waals surface area contributed by atoms with Crippen LogP contribution in [-0.4, -0.2) is 49.1 Å². The van der Waals surface area contributed by atoms with E-state index in [1.54, 1.807) is 11.0 Å². The topological polar surface area (TPSA) is 58.6 Å². The number of carbonyl (C=O) groups excluding carboxylic acids is 2. The molecule has 1 aliphatic rings. The maximum atomic E-state index is 12.1. The molecule has 0 radical (unpaired) electrons. The van der Waals surface area contributed by atoms with Crippen LogP contribution in [0.5, 0.6) is 0 Å². The smallest absolute Gasteiger partial charge is 0.251 e. The molecule has 0 aromatic heterocycles. The van der Waals surface area contributed by atoms with Gasteiger partial charge in [0.15, 0.2) is 0 Å². The van der Waals surface area contributed by atoms with Crippen LogP contribution in [0.3, 0.4) is 0 Å². The van der Waals surface area contributed by atoms with Crippen LogP contribution in [0.1, 0.15) is 28.4 Å². The van der Waals surface area contributed by atoms with Gasteiger partial charge in [0, 0.05) is 18.7 Å². The molecule has 2 rings (SSSR count). The number of amides is 2. The van der Waals surface area contributed by atoms with Crippen molar-refractivity contribution < 1.29 is 14.3 Å². The van der Waals surface area contributed by atoms with Crippen molar-refractivity contribution in [2.75, 3.05) is 26.2 Å². The van der Waals surface area contributed by atoms with Gasteiger partial charge in [0.25, 0.3) is 5.91 Å². The van der Waals surface area contributed by atoms with Crippen LogP contribution in [0.2, 0.25) is 0 Å². The largest absolute Gasteiger partial charge is 0.375 e. The minimum atomic E-state index is -0.215. The number of nitrogens with one attached hydrogen (secondary N) is 1. The normalized spacial score (nSPS) is 18.4. The zero-order valence-corrected chi connectivity index (χ0v) is 12.8. The fraction of sp³-hybridized carbons (Fsp3) is 0.500. The third kappa shape index (κ3) is 4.04. The predicted molar refractivity (Wildman–Crippen MR) is 80.2 cm³/mol. The van der Waals surface area contributed by atoms with E-state index < -0.39 is 0 Å². The van der Waals surface area contributed by atoms with Crippen LogP contribution in [-0.2, 0) is 9.53 Å². The van der Waals surface area contributed by atoms with Crippen LogP contribution in [0.4, 0.5) is 0 Å². The lowest BCUT2D eigenvalue weighted by atomic mass is 10.1. The Hall–Kier alpha value is -1.88. The number of carbonyl (C=O) groups is 2. The Kier molecular flexibility index (Phi) is 4.96. The fourth-order valence-electron chi connectivity index (χ4n) is 2.30. The average Bonchev–Trinajstić information content (AvgIpc) is 2.47. The molecule has 1 aromatic rings. The maximum absolute atomic E-state index is 12.1. The summed E-state index contributed by atoms with van der Waals surface area (Å²) in [6, 6.07) is 5.53. The molecule has 0 spiro atoms. The Bertz CT molecular complexity index is 542. The van der Waals surface area contributed by atoms with Crippen molar-refractivity contribution >= 4 is 11.8 Å². The highest BCUT2D eigenvalue weighted by Gasteiger charge is 2.21. The van der Waals surface area contributed by atoms with Gasteiger partial charge in [-0.25, -0.2) is 0 Å². The summed E-state index contributed by atoms with van der Waals surface area (Å²) in [4.78, 5) is 25.8. The zero-order valence-electron chi connectivity index (χ0n) is 12.8. The fourth-order valence-corrected chi connectivity index (χ4v) is 2.30. The molecular weight excluding hydrogens is 268 g/mol. The van der Waals surface area contributed by atoms with Gasteiger partial charge in [-0.05, 0) is 44.0 Å². The highest BCUT2D eigenvalue weighted by molar-refractivity contribution is 5.96. The van der Waals surface area contributed by atoms with E-state index in [0.29, 0.717) is 25.3 Å². The van der Waals surface area contributed by atoms with Crippen LogP contribution in [0.15, 0.2) is 18.2 Å². The Morgan fingerprint density at radius 1 is 1.33 bits per heavy atom. The molecule has 21 heavy (non-hydrogen) atoms. The SMILES string of the molecule is Cc1ccc(C(=O)NCC(=O)N2CCOC(C)C2)cc1C. The molecule has 114 valence electrons. The lowest BCUT2D eigenvalue weighted by Gasteiger charge is -2.31. The zero-order chi connectivity index (χ0) is 15.4. The number of aryl methyl sites for hydroxylation is 2. The molecule has 1 heterocycles. The third-order valence-corrected chi connectivity index (χ3v) is 3.76. The Balaban J connectivity index is 1.88. The first-order valence-corrected chi connectivity index (χ1v) is 7.22. The maximum Gasteiger partial charge on any atom is 0.251 e. The standard InChI is InChI=1S/C16H22N2O3/c1-11-4-5-14(8-12(11)2)16(20)17-9-15(19)18-6-7-21-13(3)10-18/h4-5,8,13H,6-7,9-10H2,1-3H3,(H,17,20). The molecule has 1 N–H and O–H groups in total. The van der Waals surface area contributed by atoms with Gasteiger partial charge in [-0.15, -0.1) is 0 Å². The summed E-state index contributed by atoms with van der Waals surface area (Å²) in [5.41, 5.74) is 2.79. The van der Waals surface area contributed by atoms with E-state index in [0.717, 1.165) is 11.1 Å². The molecule has 2 amide bonds. The predicted octanol–water partition coefficient (Wildman–Crippen LogP) is 1.28. The molecule has 5 heteroatoms. The van der Waals surface area contributed by atoms with E-state index in [9.17, 15) is 9.59 Å². The molecular formula is C16H22N2O3. The van der Waals surface area contributed by atoms with Crippen LogP contribution in [0, 0.1) is 13.8 Å². The molecule has 1 aromatic carbocycles. The summed E-state index contributed by atoms with van der Waals surface area (Å²) < 4.78 is 5.40. The van der Waals surface area contributed by atoms with Crippen molar-refractivity contribution in [2.45, 2.75) is 26.9 Å². The summed E-state index contributed by atoms with van der Waals surface area (Å²) in [7, 11) is 0. The van der Waals surface area contributed by atoms with Gasteiger partial charge in [0.05, 0.1) is 19.3 Å². The molecule has 0 bridgehead atoms. The number of ether oxygens (including phenoxy) is 1. The van der Waals surface area contributed by atoms with E-state index in [1.807, 2.05) is 32.9 Å². The molecule has 1 unspecified atom stereocenters. The average molecular weight is 290 g/mol. The molecule has 0 aliphatic carbocycles. The van der Waals surface area contributed by atoms with Crippen LogP contribution < -0.4 is 5.32 Å². The summed E-state index contributed by atoms with van der Waals surface area (Å²) >= 11 is 0. The van der Waals surface area contributed by atoms with Crippen molar-refractivity contribution in [3.63, 3.8) is 0 Å². The lowest BCUT2D eigenvalue weighted by molar-refractivity contribution is -0.137. The first-order valence-electron chi connectivity index (χ1n) is 7.22. The molecule has 1 fully saturated rings. The van der Waals surface area contributed by atoms with Gasteiger partial charge in [0.1, 0.15) is 0 Å². The van der Waals surface area contributed by atoms with E-state index in [1.165, 1.54) is 0 Å². The van der Waals surface area contributed by atoms with Crippen molar-refractivity contribution in [3.05, 3.63) is 34.9 Å². The molecule has 0 saturated carbocycles. The van der Waals surface area contributed by atoms with Gasteiger partial charge in [0.2, 0.25) is 5.91 Å². The number of rotatable bonds is 3. The molecule has 1 atom stereocenters. The quantitative estimate of drug-likeness (QED) is 0.912. The molecule has 5 nitrogen and oxygen atoms in total. The first kappa shape index (κ1) is 15.5. The Morgan fingerprint density at radius 3 is 2.76 bits per heavy atom. The van der Waals surface area contributed by atoms with Crippen molar-refractivity contribution in [1.29, 1.82) is 0 Å². The Labute approximate surface area is 125 Å². The summed E-state index contributed by atoms with van der Waals surface area (Å²) in [5, 5.41) is 2.69. The van der Waals surface area contributed by atoms with Gasteiger partial charge in [-0.1, -0.05) is 6.07 Å². The summed E-state index contributed by atoms with van der Waals surface area (Å²) in [6.07, 6.45) is 0.0538. The Morgan fingerprint density at radius 2 is 2.10 bits per heavy atom. The third-order valence-electron chi connectivity index (χ3n) is 3.76. The van der Waals surface area contributed by atoms with E-state index in [2.05, 4.69) is 5.32 Å². The second-order valence-electron chi connectivity index (χ2n) is 5.50. The van der Waals surface area contributed by atoms with Gasteiger partial charge < -0.3 is 15.0 Å². The molecule has 1 aliphatic heterocycles. The monoisotopic (exact) mass is 290 g/mol. The minimum Gasteiger partial charge on any atom is -0.375 e. The highest BCUT2D eigenvalue weighted by Crippen LogP contribution is 2.09. The summed E-state index contributed by atoms with van der Waals surface area (Å²) in [5.74, 6) is -0.282. The van der Waals surface area contributed by atoms with E-state index >= 15 is 0 Å². The van der Waals surface area contributed by atoms with Gasteiger partial charge in [-0.2, -0.15) is 0 Å². The van der Waals surface area contributed by atoms with Crippen molar-refractivity contribution in [3.8, 4) is 0 Å². The number of nitrogens with zero attached hydrogens (tertiary/aromatic N) is 1.